The average Bonchev–Trinajstić information content (AvgIpc) is 2.94. The van der Waals surface area contributed by atoms with Crippen LogP contribution in [0.5, 0.6) is 0 Å². The number of rotatable bonds is 11. The van der Waals surface area contributed by atoms with Gasteiger partial charge in [-0.2, -0.15) is 4.72 Å². The molecule has 4 aromatic rings. The molecule has 0 aliphatic carbocycles. The van der Waals surface area contributed by atoms with E-state index in [0.29, 0.717) is 16.8 Å². The lowest BCUT2D eigenvalue weighted by molar-refractivity contribution is -0.147. The minimum absolute atomic E-state index is 0.00504. The summed E-state index contributed by atoms with van der Waals surface area (Å²) in [6.07, 6.45) is 0.0158. The van der Waals surface area contributed by atoms with E-state index >= 15 is 0 Å². The molecule has 0 aliphatic heterocycles. The van der Waals surface area contributed by atoms with Gasteiger partial charge in [0.25, 0.3) is 0 Å². The van der Waals surface area contributed by atoms with Crippen molar-refractivity contribution in [3.63, 3.8) is 0 Å². The zero-order chi connectivity index (χ0) is 28.7. The smallest absolute Gasteiger partial charge is 0.328 e. The van der Waals surface area contributed by atoms with Gasteiger partial charge >= 0.3 is 5.97 Å². The van der Waals surface area contributed by atoms with E-state index in [4.69, 9.17) is 10.5 Å². The lowest BCUT2D eigenvalue weighted by atomic mass is 10.0. The molecule has 0 unspecified atom stereocenters. The van der Waals surface area contributed by atoms with E-state index < -0.39 is 39.8 Å². The predicted molar refractivity (Wildman–Crippen MR) is 151 cm³/mol. The Morgan fingerprint density at radius 2 is 1.45 bits per heavy atom. The van der Waals surface area contributed by atoms with Crippen LogP contribution in [0.2, 0.25) is 0 Å². The number of anilines is 1. The van der Waals surface area contributed by atoms with Crippen LogP contribution in [-0.2, 0) is 37.2 Å². The number of esters is 1. The van der Waals surface area contributed by atoms with Gasteiger partial charge in [0.15, 0.2) is 0 Å². The number of hydrogen-bond donors (Lipinski definition) is 3. The number of carbonyl (C=O) groups is 2. The Morgan fingerprint density at radius 3 is 2.10 bits per heavy atom. The van der Waals surface area contributed by atoms with Gasteiger partial charge in [-0.25, -0.2) is 17.6 Å². The lowest BCUT2D eigenvalue weighted by Crippen LogP contribution is -2.53. The third-order valence-electron chi connectivity index (χ3n) is 6.31. The Kier molecular flexibility index (Phi) is 9.13. The number of carbonyl (C=O) groups excluding carboxylic acids is 2. The summed E-state index contributed by atoms with van der Waals surface area (Å²) in [5.74, 6) is -1.85. The first-order valence-corrected chi connectivity index (χ1v) is 14.2. The van der Waals surface area contributed by atoms with Crippen molar-refractivity contribution in [2.45, 2.75) is 36.7 Å². The Morgan fingerprint density at radius 1 is 0.850 bits per heavy atom. The highest BCUT2D eigenvalue weighted by Gasteiger charge is 2.30. The minimum atomic E-state index is -4.15. The Bertz CT molecular complexity index is 1590. The Balaban J connectivity index is 1.62. The normalized spacial score (nSPS) is 12.9. The van der Waals surface area contributed by atoms with Gasteiger partial charge < -0.3 is 15.8 Å². The molecular weight excluding hydrogens is 533 g/mol. The number of hydrogen-bond acceptors (Lipinski definition) is 6. The van der Waals surface area contributed by atoms with Crippen LogP contribution in [0, 0.1) is 5.82 Å². The van der Waals surface area contributed by atoms with E-state index in [1.807, 2.05) is 12.1 Å². The zero-order valence-electron chi connectivity index (χ0n) is 21.8. The van der Waals surface area contributed by atoms with Gasteiger partial charge in [0.05, 0.1) is 11.5 Å². The molecule has 0 aromatic heterocycles. The van der Waals surface area contributed by atoms with Crippen molar-refractivity contribution in [1.29, 1.82) is 0 Å². The third kappa shape index (κ3) is 7.43. The number of benzene rings is 4. The van der Waals surface area contributed by atoms with Gasteiger partial charge in [-0.15, -0.1) is 0 Å². The summed E-state index contributed by atoms with van der Waals surface area (Å²) in [7, 11) is -4.15. The van der Waals surface area contributed by atoms with E-state index in [0.717, 1.165) is 10.8 Å². The van der Waals surface area contributed by atoms with Crippen molar-refractivity contribution < 1.29 is 27.1 Å². The van der Waals surface area contributed by atoms with Crippen LogP contribution in [0.3, 0.4) is 0 Å². The van der Waals surface area contributed by atoms with E-state index in [9.17, 15) is 22.4 Å². The third-order valence-corrected chi connectivity index (χ3v) is 7.77. The molecule has 2 atom stereocenters. The summed E-state index contributed by atoms with van der Waals surface area (Å²) < 4.78 is 47.9. The van der Waals surface area contributed by atoms with Gasteiger partial charge in [0, 0.05) is 12.1 Å². The summed E-state index contributed by atoms with van der Waals surface area (Å²) in [6, 6.07) is 21.8. The van der Waals surface area contributed by atoms with Gasteiger partial charge in [-0.3, -0.25) is 4.79 Å². The number of nitrogens with two attached hydrogens (primary N) is 1. The number of amides is 1. The first-order valence-electron chi connectivity index (χ1n) is 12.7. The lowest BCUT2D eigenvalue weighted by Gasteiger charge is -2.23. The quantitative estimate of drug-likeness (QED) is 0.188. The first kappa shape index (κ1) is 28.7. The Labute approximate surface area is 232 Å². The molecule has 4 N–H and O–H groups in total. The molecule has 10 heteroatoms. The molecule has 8 nitrogen and oxygen atoms in total. The molecule has 0 fully saturated rings. The van der Waals surface area contributed by atoms with Gasteiger partial charge in [-0.05, 0) is 71.6 Å². The monoisotopic (exact) mass is 563 g/mol. The van der Waals surface area contributed by atoms with Crippen LogP contribution in [-0.4, -0.2) is 39.0 Å². The highest BCUT2D eigenvalue weighted by Crippen LogP contribution is 2.20. The van der Waals surface area contributed by atoms with Crippen LogP contribution >= 0.6 is 0 Å². The molecule has 0 saturated heterocycles. The van der Waals surface area contributed by atoms with Crippen LogP contribution in [0.4, 0.5) is 10.1 Å². The number of nitrogen functional groups attached to an aromatic ring is 1. The summed E-state index contributed by atoms with van der Waals surface area (Å²) in [5, 5.41) is 4.24. The molecule has 4 aromatic carbocycles. The molecule has 0 bridgehead atoms. The largest absolute Gasteiger partial charge is 0.464 e. The number of fused-ring (bicyclic) bond motifs is 1. The molecule has 0 aliphatic rings. The predicted octanol–water partition coefficient (Wildman–Crippen LogP) is 3.74. The second-order valence-electron chi connectivity index (χ2n) is 9.27. The fourth-order valence-electron chi connectivity index (χ4n) is 4.23. The van der Waals surface area contributed by atoms with E-state index in [-0.39, 0.29) is 24.3 Å². The van der Waals surface area contributed by atoms with Gasteiger partial charge in [0.2, 0.25) is 15.9 Å². The highest BCUT2D eigenvalue weighted by atomic mass is 32.2. The second-order valence-corrected chi connectivity index (χ2v) is 11.0. The van der Waals surface area contributed by atoms with Crippen molar-refractivity contribution in [3.8, 4) is 0 Å². The molecular formula is C30H30FN3O5S. The molecule has 40 heavy (non-hydrogen) atoms. The van der Waals surface area contributed by atoms with Crippen LogP contribution in [0.1, 0.15) is 18.1 Å². The van der Waals surface area contributed by atoms with Crippen molar-refractivity contribution in [3.05, 3.63) is 108 Å². The topological polar surface area (TPSA) is 128 Å². The SMILES string of the molecule is CCOC(=O)[C@H](Cc1ccc(F)cc1)NC(=O)[C@H](Cc1ccc(N)cc1)NS(=O)(=O)c1ccc2ccccc2c1. The number of nitrogens with one attached hydrogen (secondary N) is 2. The standard InChI is InChI=1S/C30H30FN3O5S/c1-2-39-30(36)28(18-20-7-12-24(31)13-8-20)33-29(35)27(17-21-9-14-25(32)15-10-21)34-40(37,38)26-16-11-22-5-3-4-6-23(22)19-26/h3-16,19,27-28,34H,2,17-18,32H2,1H3,(H,33,35)/t27-,28-/m0/s1. The van der Waals surface area contributed by atoms with Crippen molar-refractivity contribution in [2.75, 3.05) is 12.3 Å². The maximum Gasteiger partial charge on any atom is 0.328 e. The molecule has 4 rings (SSSR count). The summed E-state index contributed by atoms with van der Waals surface area (Å²) in [4.78, 5) is 26.3. The fraction of sp³-hybridized carbons (Fsp3) is 0.200. The summed E-state index contributed by atoms with van der Waals surface area (Å²) in [6.45, 7) is 1.72. The van der Waals surface area contributed by atoms with Gasteiger partial charge in [0.1, 0.15) is 17.9 Å². The minimum Gasteiger partial charge on any atom is -0.464 e. The number of sulfonamides is 1. The average molecular weight is 564 g/mol. The van der Waals surface area contributed by atoms with E-state index in [1.54, 1.807) is 49.4 Å². The maximum absolute atomic E-state index is 13.6. The zero-order valence-corrected chi connectivity index (χ0v) is 22.7. The van der Waals surface area contributed by atoms with Crippen LogP contribution in [0.15, 0.2) is 95.9 Å². The molecule has 0 radical (unpaired) electrons. The van der Waals surface area contributed by atoms with E-state index in [2.05, 4.69) is 10.0 Å². The van der Waals surface area contributed by atoms with Gasteiger partial charge in [-0.1, -0.05) is 54.6 Å². The molecule has 1 amide bonds. The summed E-state index contributed by atoms with van der Waals surface area (Å²) >= 11 is 0. The second kappa shape index (κ2) is 12.7. The highest BCUT2D eigenvalue weighted by molar-refractivity contribution is 7.89. The van der Waals surface area contributed by atoms with Crippen molar-refractivity contribution in [1.82, 2.24) is 10.0 Å². The van der Waals surface area contributed by atoms with Crippen molar-refractivity contribution in [2.24, 2.45) is 0 Å². The molecule has 0 spiro atoms. The molecule has 0 saturated carbocycles. The maximum atomic E-state index is 13.6. The molecule has 0 heterocycles. The summed E-state index contributed by atoms with van der Waals surface area (Å²) in [5.41, 5.74) is 7.55. The van der Waals surface area contributed by atoms with Crippen molar-refractivity contribution >= 4 is 38.4 Å². The Hall–Kier alpha value is -4.28. The first-order chi connectivity index (χ1) is 19.1. The van der Waals surface area contributed by atoms with E-state index in [1.165, 1.54) is 36.4 Å². The van der Waals surface area contributed by atoms with Crippen LogP contribution in [0.25, 0.3) is 10.8 Å². The number of ether oxygens (including phenoxy) is 1. The van der Waals surface area contributed by atoms with Crippen LogP contribution < -0.4 is 15.8 Å². The molecule has 208 valence electrons. The fourth-order valence-corrected chi connectivity index (χ4v) is 5.46. The number of halogens is 1.